The second-order valence-corrected chi connectivity index (χ2v) is 3.79. The van der Waals surface area contributed by atoms with E-state index in [2.05, 4.69) is 9.97 Å². The lowest BCUT2D eigenvalue weighted by atomic mass is 10.2. The zero-order chi connectivity index (χ0) is 10.7. The average molecular weight is 222 g/mol. The molecule has 0 saturated heterocycles. The summed E-state index contributed by atoms with van der Waals surface area (Å²) in [6.45, 7) is 0. The number of hydrogen-bond donors (Lipinski definition) is 1. The molecule has 0 radical (unpaired) electrons. The third kappa shape index (κ3) is 1.98. The van der Waals surface area contributed by atoms with Crippen LogP contribution in [-0.2, 0) is 0 Å². The van der Waals surface area contributed by atoms with Gasteiger partial charge in [-0.25, -0.2) is 4.98 Å². The number of hydrogen-bond acceptors (Lipinski definition) is 5. The lowest BCUT2D eigenvalue weighted by molar-refractivity contribution is 0.209. The van der Waals surface area contributed by atoms with Crippen molar-refractivity contribution in [2.75, 3.05) is 7.11 Å². The highest BCUT2D eigenvalue weighted by Gasteiger charge is 2.18. The molecule has 0 aromatic carbocycles. The maximum absolute atomic E-state index is 10.00. The molecule has 5 heteroatoms. The number of ether oxygens (including phenoxy) is 1. The van der Waals surface area contributed by atoms with Gasteiger partial charge in [0.1, 0.15) is 16.5 Å². The van der Waals surface area contributed by atoms with Crippen LogP contribution in [-0.4, -0.2) is 22.2 Å². The Bertz CT molecular complexity index is 431. The first-order chi connectivity index (χ1) is 7.33. The number of aromatic nitrogens is 2. The Kier molecular flexibility index (Phi) is 2.94. The van der Waals surface area contributed by atoms with Crippen LogP contribution in [0.2, 0.25) is 0 Å². The van der Waals surface area contributed by atoms with Gasteiger partial charge in [0, 0.05) is 17.8 Å². The molecule has 78 valence electrons. The molecule has 0 saturated carbocycles. The Morgan fingerprint density at radius 1 is 1.40 bits per heavy atom. The minimum Gasteiger partial charge on any atom is -0.495 e. The second-order valence-electron chi connectivity index (χ2n) is 2.86. The van der Waals surface area contributed by atoms with E-state index in [1.807, 2.05) is 5.38 Å². The van der Waals surface area contributed by atoms with Crippen LogP contribution < -0.4 is 4.74 Å². The van der Waals surface area contributed by atoms with Crippen molar-refractivity contribution >= 4 is 11.3 Å². The second kappa shape index (κ2) is 4.37. The Labute approximate surface area is 91.2 Å². The van der Waals surface area contributed by atoms with Crippen molar-refractivity contribution in [3.8, 4) is 5.75 Å². The molecule has 4 nitrogen and oxygen atoms in total. The number of pyridine rings is 1. The summed E-state index contributed by atoms with van der Waals surface area (Å²) >= 11 is 1.39. The van der Waals surface area contributed by atoms with E-state index in [-0.39, 0.29) is 0 Å². The molecule has 0 amide bonds. The van der Waals surface area contributed by atoms with E-state index < -0.39 is 6.10 Å². The maximum Gasteiger partial charge on any atom is 0.151 e. The van der Waals surface area contributed by atoms with Crippen molar-refractivity contribution in [1.82, 2.24) is 9.97 Å². The average Bonchev–Trinajstić information content (AvgIpc) is 2.81. The SMILES string of the molecule is COc1cccnc1C(O)c1nccs1. The van der Waals surface area contributed by atoms with E-state index in [1.54, 1.807) is 31.6 Å². The first-order valence-electron chi connectivity index (χ1n) is 4.39. The maximum atomic E-state index is 10.00. The largest absolute Gasteiger partial charge is 0.495 e. The molecule has 2 rings (SSSR count). The van der Waals surface area contributed by atoms with Gasteiger partial charge < -0.3 is 9.84 Å². The summed E-state index contributed by atoms with van der Waals surface area (Å²) in [5, 5.41) is 12.4. The van der Waals surface area contributed by atoms with Crippen molar-refractivity contribution in [3.63, 3.8) is 0 Å². The van der Waals surface area contributed by atoms with E-state index in [4.69, 9.17) is 4.74 Å². The molecule has 1 N–H and O–H groups in total. The van der Waals surface area contributed by atoms with Gasteiger partial charge in [0.15, 0.2) is 6.10 Å². The van der Waals surface area contributed by atoms with E-state index >= 15 is 0 Å². The topological polar surface area (TPSA) is 55.2 Å². The van der Waals surface area contributed by atoms with Crippen molar-refractivity contribution in [3.05, 3.63) is 40.6 Å². The Balaban J connectivity index is 2.37. The van der Waals surface area contributed by atoms with Gasteiger partial charge in [-0.15, -0.1) is 11.3 Å². The van der Waals surface area contributed by atoms with Gasteiger partial charge in [-0.05, 0) is 12.1 Å². The first-order valence-corrected chi connectivity index (χ1v) is 5.27. The summed E-state index contributed by atoms with van der Waals surface area (Å²) in [5.74, 6) is 0.570. The van der Waals surface area contributed by atoms with Gasteiger partial charge >= 0.3 is 0 Å². The van der Waals surface area contributed by atoms with Gasteiger partial charge in [-0.2, -0.15) is 0 Å². The molecule has 1 unspecified atom stereocenters. The fraction of sp³-hybridized carbons (Fsp3) is 0.200. The van der Waals surface area contributed by atoms with Crippen LogP contribution in [0.1, 0.15) is 16.8 Å². The number of thiazole rings is 1. The number of aliphatic hydroxyl groups excluding tert-OH is 1. The van der Waals surface area contributed by atoms with Crippen LogP contribution in [0.25, 0.3) is 0 Å². The standard InChI is InChI=1S/C10H10N2O2S/c1-14-7-3-2-4-11-8(7)9(13)10-12-5-6-15-10/h2-6,9,13H,1H3. The molecule has 15 heavy (non-hydrogen) atoms. The van der Waals surface area contributed by atoms with Crippen molar-refractivity contribution in [2.45, 2.75) is 6.10 Å². The number of nitrogens with zero attached hydrogens (tertiary/aromatic N) is 2. The Morgan fingerprint density at radius 2 is 2.27 bits per heavy atom. The zero-order valence-electron chi connectivity index (χ0n) is 8.12. The van der Waals surface area contributed by atoms with Gasteiger partial charge in [0.25, 0.3) is 0 Å². The third-order valence-corrected chi connectivity index (χ3v) is 2.79. The molecule has 0 aliphatic heterocycles. The molecule has 0 aliphatic rings. The summed E-state index contributed by atoms with van der Waals surface area (Å²) in [6, 6.07) is 3.52. The summed E-state index contributed by atoms with van der Waals surface area (Å²) < 4.78 is 5.12. The molecule has 2 aromatic rings. The third-order valence-electron chi connectivity index (χ3n) is 1.96. The minimum absolute atomic E-state index is 0.495. The molecule has 0 bridgehead atoms. The molecule has 1 atom stereocenters. The molecule has 0 aliphatic carbocycles. The highest BCUT2D eigenvalue weighted by atomic mass is 32.1. The lowest BCUT2D eigenvalue weighted by Crippen LogP contribution is -2.04. The Morgan fingerprint density at radius 3 is 2.93 bits per heavy atom. The number of methoxy groups -OCH3 is 1. The molecule has 0 fully saturated rings. The molecular weight excluding hydrogens is 212 g/mol. The Hall–Kier alpha value is -1.46. The predicted molar refractivity (Wildman–Crippen MR) is 57.0 cm³/mol. The molecule has 0 spiro atoms. The van der Waals surface area contributed by atoms with Gasteiger partial charge in [0.2, 0.25) is 0 Å². The van der Waals surface area contributed by atoms with Gasteiger partial charge in [0.05, 0.1) is 7.11 Å². The highest BCUT2D eigenvalue weighted by molar-refractivity contribution is 7.09. The van der Waals surface area contributed by atoms with Crippen LogP contribution in [0, 0.1) is 0 Å². The van der Waals surface area contributed by atoms with Crippen LogP contribution in [0.4, 0.5) is 0 Å². The van der Waals surface area contributed by atoms with Gasteiger partial charge in [-0.3, -0.25) is 4.98 Å². The van der Waals surface area contributed by atoms with Crippen molar-refractivity contribution in [2.24, 2.45) is 0 Å². The summed E-state index contributed by atoms with van der Waals surface area (Å²) in [4.78, 5) is 8.14. The normalized spacial score (nSPS) is 12.4. The smallest absolute Gasteiger partial charge is 0.151 e. The van der Waals surface area contributed by atoms with Crippen LogP contribution in [0.5, 0.6) is 5.75 Å². The van der Waals surface area contributed by atoms with E-state index in [0.717, 1.165) is 0 Å². The van der Waals surface area contributed by atoms with Crippen LogP contribution >= 0.6 is 11.3 Å². The summed E-state index contributed by atoms with van der Waals surface area (Å²) in [7, 11) is 1.55. The lowest BCUT2D eigenvalue weighted by Gasteiger charge is -2.10. The quantitative estimate of drug-likeness (QED) is 0.857. The summed E-state index contributed by atoms with van der Waals surface area (Å²) in [5.41, 5.74) is 0.495. The van der Waals surface area contributed by atoms with E-state index in [9.17, 15) is 5.11 Å². The van der Waals surface area contributed by atoms with E-state index in [1.165, 1.54) is 11.3 Å². The van der Waals surface area contributed by atoms with Crippen LogP contribution in [0.3, 0.4) is 0 Å². The molecule has 2 aromatic heterocycles. The van der Waals surface area contributed by atoms with Gasteiger partial charge in [-0.1, -0.05) is 0 Å². The summed E-state index contributed by atoms with van der Waals surface area (Å²) in [6.07, 6.45) is 2.45. The number of rotatable bonds is 3. The molecular formula is C10H10N2O2S. The minimum atomic E-state index is -0.818. The van der Waals surface area contributed by atoms with Crippen molar-refractivity contribution in [1.29, 1.82) is 0 Å². The van der Waals surface area contributed by atoms with Crippen molar-refractivity contribution < 1.29 is 9.84 Å². The number of aliphatic hydroxyl groups is 1. The fourth-order valence-corrected chi connectivity index (χ4v) is 1.89. The fourth-order valence-electron chi connectivity index (χ4n) is 1.27. The van der Waals surface area contributed by atoms with E-state index in [0.29, 0.717) is 16.5 Å². The predicted octanol–water partition coefficient (Wildman–Crippen LogP) is 1.63. The highest BCUT2D eigenvalue weighted by Crippen LogP contribution is 2.28. The molecule has 2 heterocycles. The zero-order valence-corrected chi connectivity index (χ0v) is 8.94. The first kappa shape index (κ1) is 10.1. The van der Waals surface area contributed by atoms with Crippen LogP contribution in [0.15, 0.2) is 29.9 Å². The monoisotopic (exact) mass is 222 g/mol.